The van der Waals surface area contributed by atoms with Gasteiger partial charge >= 0.3 is 35.5 Å². The molecule has 0 aromatic carbocycles. The van der Waals surface area contributed by atoms with E-state index in [-0.39, 0.29) is 0 Å². The van der Waals surface area contributed by atoms with E-state index in [4.69, 9.17) is 0 Å². The lowest BCUT2D eigenvalue weighted by Crippen LogP contribution is -2.70. The van der Waals surface area contributed by atoms with Crippen LogP contribution in [-0.2, 0) is 0 Å². The topological polar surface area (TPSA) is 20.2 Å². The summed E-state index contributed by atoms with van der Waals surface area (Å²) in [5.41, 5.74) is 0. The predicted octanol–water partition coefficient (Wildman–Crippen LogP) is 5.57. The van der Waals surface area contributed by atoms with Crippen molar-refractivity contribution in [3.63, 3.8) is 0 Å². The maximum atomic E-state index is 13.4. The van der Waals surface area contributed by atoms with Crippen LogP contribution in [0.25, 0.3) is 0 Å². The summed E-state index contributed by atoms with van der Waals surface area (Å²) < 4.78 is 159. The third kappa shape index (κ3) is 3.85. The van der Waals surface area contributed by atoms with Crippen LogP contribution in [0.1, 0.15) is 6.42 Å². The van der Waals surface area contributed by atoms with E-state index in [0.717, 1.165) is 13.1 Å². The largest absolute Gasteiger partial charge is 0.432 e. The molecule has 0 saturated heterocycles. The highest BCUT2D eigenvalue weighted by Gasteiger charge is 2.89. The van der Waals surface area contributed by atoms with Gasteiger partial charge in [-0.2, -0.15) is 52.7 Å². The fraction of sp³-hybridized carbons (Fsp3) is 0.833. The quantitative estimate of drug-likeness (QED) is 0.288. The Labute approximate surface area is 140 Å². The van der Waals surface area contributed by atoms with Crippen LogP contribution in [-0.4, -0.2) is 48.6 Å². The molecule has 1 N–H and O–H groups in total. The highest BCUT2D eigenvalue weighted by molar-refractivity contribution is 6.69. The molecule has 0 aliphatic heterocycles. The van der Waals surface area contributed by atoms with Crippen molar-refractivity contribution in [1.82, 2.24) is 0 Å². The third-order valence-electron chi connectivity index (χ3n) is 3.37. The summed E-state index contributed by atoms with van der Waals surface area (Å²) >= 11 is 0. The summed E-state index contributed by atoms with van der Waals surface area (Å²) in [4.78, 5) is 9.27. The zero-order chi connectivity index (χ0) is 21.6. The number of rotatable bonds is 9. The standard InChI is InChI=1S/C12H14F12OSi/c1-4-7(13,14)9(17,18)11(21,22)12(23,24)10(19,20)8(15,16)5-6-26(2,3)25/h4,25H,1,5-6H2,2-3H3. The molecule has 0 unspecified atom stereocenters. The number of hydrogen-bond donors (Lipinski definition) is 1. The molecule has 0 heterocycles. The van der Waals surface area contributed by atoms with Crippen LogP contribution in [0.4, 0.5) is 52.7 Å². The molecule has 156 valence electrons. The van der Waals surface area contributed by atoms with Crippen LogP contribution < -0.4 is 0 Å². The van der Waals surface area contributed by atoms with E-state index in [0.29, 0.717) is 0 Å². The van der Waals surface area contributed by atoms with E-state index in [1.165, 1.54) is 0 Å². The lowest BCUT2D eigenvalue weighted by Gasteiger charge is -2.41. The summed E-state index contributed by atoms with van der Waals surface area (Å²) in [5, 5.41) is 0. The van der Waals surface area contributed by atoms with Crippen molar-refractivity contribution in [2.75, 3.05) is 0 Å². The Kier molecular flexibility index (Phi) is 6.37. The molecular formula is C12H14F12OSi. The number of allylic oxidation sites excluding steroid dienone is 1. The minimum atomic E-state index is -7.57. The zero-order valence-corrected chi connectivity index (χ0v) is 14.2. The molecule has 0 aromatic heterocycles. The van der Waals surface area contributed by atoms with Gasteiger partial charge in [0.1, 0.15) is 0 Å². The first-order chi connectivity index (χ1) is 11.0. The predicted molar refractivity (Wildman–Crippen MR) is 69.0 cm³/mol. The highest BCUT2D eigenvalue weighted by atomic mass is 28.4. The van der Waals surface area contributed by atoms with Crippen LogP contribution in [0.2, 0.25) is 19.1 Å². The molecule has 0 radical (unpaired) electrons. The third-order valence-corrected chi connectivity index (χ3v) is 4.84. The smallest absolute Gasteiger partial charge is 0.385 e. The van der Waals surface area contributed by atoms with E-state index < -0.39 is 62.4 Å². The van der Waals surface area contributed by atoms with E-state index in [2.05, 4.69) is 0 Å². The van der Waals surface area contributed by atoms with Crippen molar-refractivity contribution in [3.05, 3.63) is 12.7 Å². The number of hydrogen-bond acceptors (Lipinski definition) is 1. The lowest BCUT2D eigenvalue weighted by atomic mass is 9.90. The van der Waals surface area contributed by atoms with Gasteiger partial charge < -0.3 is 4.80 Å². The highest BCUT2D eigenvalue weighted by Crippen LogP contribution is 2.60. The van der Waals surface area contributed by atoms with Crippen LogP contribution in [0.5, 0.6) is 0 Å². The van der Waals surface area contributed by atoms with Gasteiger partial charge in [-0.15, -0.1) is 0 Å². The molecule has 0 amide bonds. The van der Waals surface area contributed by atoms with E-state index >= 15 is 0 Å². The van der Waals surface area contributed by atoms with Crippen LogP contribution in [0.3, 0.4) is 0 Å². The van der Waals surface area contributed by atoms with Crippen molar-refractivity contribution < 1.29 is 57.5 Å². The molecule has 0 atom stereocenters. The van der Waals surface area contributed by atoms with Gasteiger partial charge in [0, 0.05) is 6.42 Å². The molecule has 0 aliphatic carbocycles. The van der Waals surface area contributed by atoms with E-state index in [9.17, 15) is 57.5 Å². The average molecular weight is 430 g/mol. The first-order valence-electron chi connectivity index (χ1n) is 6.65. The van der Waals surface area contributed by atoms with Gasteiger partial charge in [0.05, 0.1) is 0 Å². The first-order valence-corrected chi connectivity index (χ1v) is 9.80. The second-order valence-electron chi connectivity index (χ2n) is 6.14. The molecule has 1 nitrogen and oxygen atoms in total. The summed E-state index contributed by atoms with van der Waals surface area (Å²) in [6.07, 6.45) is -3.46. The molecule has 0 fully saturated rings. The Morgan fingerprint density at radius 1 is 0.731 bits per heavy atom. The molecule has 0 spiro atoms. The molecule has 14 heteroatoms. The van der Waals surface area contributed by atoms with Gasteiger partial charge in [-0.3, -0.25) is 0 Å². The van der Waals surface area contributed by atoms with E-state index in [1.807, 2.05) is 6.58 Å². The van der Waals surface area contributed by atoms with Crippen LogP contribution in [0, 0.1) is 0 Å². The van der Waals surface area contributed by atoms with Gasteiger partial charge in [-0.05, 0) is 25.2 Å². The Hall–Kier alpha value is -0.923. The lowest BCUT2D eigenvalue weighted by molar-refractivity contribution is -0.420. The monoisotopic (exact) mass is 430 g/mol. The molecule has 26 heavy (non-hydrogen) atoms. The van der Waals surface area contributed by atoms with Crippen LogP contribution in [0.15, 0.2) is 12.7 Å². The van der Waals surface area contributed by atoms with Gasteiger partial charge in [0.25, 0.3) is 0 Å². The Morgan fingerprint density at radius 3 is 1.38 bits per heavy atom. The molecular weight excluding hydrogens is 416 g/mol. The Bertz CT molecular complexity index is 523. The van der Waals surface area contributed by atoms with Gasteiger partial charge in [0.15, 0.2) is 8.32 Å². The maximum absolute atomic E-state index is 13.4. The van der Waals surface area contributed by atoms with Crippen molar-refractivity contribution in [1.29, 1.82) is 0 Å². The van der Waals surface area contributed by atoms with Crippen LogP contribution >= 0.6 is 0 Å². The second-order valence-corrected chi connectivity index (χ2v) is 10.3. The summed E-state index contributed by atoms with van der Waals surface area (Å²) in [5.74, 6) is -41.5. The fourth-order valence-electron chi connectivity index (χ4n) is 1.58. The molecule has 0 aliphatic rings. The maximum Gasteiger partial charge on any atom is 0.385 e. The zero-order valence-electron chi connectivity index (χ0n) is 13.2. The molecule has 0 aromatic rings. The minimum absolute atomic E-state index is 0.923. The van der Waals surface area contributed by atoms with E-state index in [1.54, 1.807) is 0 Å². The van der Waals surface area contributed by atoms with Gasteiger partial charge in [-0.1, -0.05) is 6.58 Å². The molecule has 0 rings (SSSR count). The van der Waals surface area contributed by atoms with Gasteiger partial charge in [0.2, 0.25) is 0 Å². The number of alkyl halides is 12. The normalized spacial score (nSPS) is 16.0. The van der Waals surface area contributed by atoms with Crippen molar-refractivity contribution >= 4 is 8.32 Å². The summed E-state index contributed by atoms with van der Waals surface area (Å²) in [7, 11) is -3.55. The Morgan fingerprint density at radius 2 is 1.08 bits per heavy atom. The SMILES string of the molecule is C=CC(F)(F)C(F)(F)C(F)(F)C(F)(F)C(F)(F)C(F)(F)CC[Si](C)(C)O. The first kappa shape index (κ1) is 25.1. The summed E-state index contributed by atoms with van der Waals surface area (Å²) in [6.45, 7) is 3.84. The fourth-order valence-corrected chi connectivity index (χ4v) is 2.51. The minimum Gasteiger partial charge on any atom is -0.432 e. The van der Waals surface area contributed by atoms with Gasteiger partial charge in [-0.25, -0.2) is 0 Å². The van der Waals surface area contributed by atoms with Crippen molar-refractivity contribution in [3.8, 4) is 0 Å². The summed E-state index contributed by atoms with van der Waals surface area (Å²) in [6, 6.07) is -1.18. The van der Waals surface area contributed by atoms with Crippen molar-refractivity contribution in [2.24, 2.45) is 0 Å². The molecule has 0 saturated carbocycles. The number of halogens is 12. The van der Waals surface area contributed by atoms with Crippen molar-refractivity contribution in [2.45, 2.75) is 61.1 Å². The second kappa shape index (κ2) is 6.60. The Balaban J connectivity index is 6.14. The average Bonchev–Trinajstić information content (AvgIpc) is 2.43. The molecule has 0 bridgehead atoms.